The first kappa shape index (κ1) is 18.3. The quantitative estimate of drug-likeness (QED) is 0.393. The lowest BCUT2D eigenvalue weighted by Gasteiger charge is -2.11. The number of halogens is 1. The second kappa shape index (κ2) is 7.80. The highest BCUT2D eigenvalue weighted by molar-refractivity contribution is 6.32. The molecule has 0 aromatic heterocycles. The summed E-state index contributed by atoms with van der Waals surface area (Å²) >= 11 is 5.77. The predicted molar refractivity (Wildman–Crippen MR) is 102 cm³/mol. The van der Waals surface area contributed by atoms with Crippen LogP contribution in [-0.4, -0.2) is 16.6 Å². The molecule has 0 saturated heterocycles. The lowest BCUT2D eigenvalue weighted by atomic mass is 10.0. The van der Waals surface area contributed by atoms with Crippen molar-refractivity contribution in [3.63, 3.8) is 0 Å². The molecule has 3 aromatic rings. The third-order valence-electron chi connectivity index (χ3n) is 3.86. The van der Waals surface area contributed by atoms with Crippen molar-refractivity contribution in [3.05, 3.63) is 105 Å². The topological polar surface area (TPSA) is 89.3 Å². The molecule has 0 bridgehead atoms. The van der Waals surface area contributed by atoms with Crippen LogP contribution in [0.4, 0.5) is 11.4 Å². The molecular weight excluding hydrogens is 368 g/mol. The van der Waals surface area contributed by atoms with Gasteiger partial charge in [-0.2, -0.15) is 0 Å². The van der Waals surface area contributed by atoms with Crippen LogP contribution in [0.2, 0.25) is 5.02 Å². The van der Waals surface area contributed by atoms with Gasteiger partial charge in [-0.25, -0.2) is 0 Å². The second-order valence-electron chi connectivity index (χ2n) is 5.62. The molecule has 1 N–H and O–H groups in total. The van der Waals surface area contributed by atoms with Crippen LogP contribution in [0.15, 0.2) is 72.8 Å². The molecule has 0 atom stereocenters. The summed E-state index contributed by atoms with van der Waals surface area (Å²) in [7, 11) is 0. The Morgan fingerprint density at radius 3 is 2.26 bits per heavy atom. The smallest absolute Gasteiger partial charge is 0.288 e. The number of para-hydroxylation sites is 1. The average Bonchev–Trinajstić information content (AvgIpc) is 2.68. The number of rotatable bonds is 5. The number of hydrogen-bond donors (Lipinski definition) is 1. The number of nitrogens with zero attached hydrogens (tertiary/aromatic N) is 1. The fraction of sp³-hybridized carbons (Fsp3) is 0. The number of amides is 1. The van der Waals surface area contributed by atoms with E-state index in [-0.39, 0.29) is 22.1 Å². The van der Waals surface area contributed by atoms with Gasteiger partial charge in [0.15, 0.2) is 5.78 Å². The van der Waals surface area contributed by atoms with E-state index in [0.717, 1.165) is 6.07 Å². The second-order valence-corrected chi connectivity index (χ2v) is 6.03. The van der Waals surface area contributed by atoms with Gasteiger partial charge in [-0.15, -0.1) is 0 Å². The van der Waals surface area contributed by atoms with Crippen molar-refractivity contribution in [1.29, 1.82) is 0 Å². The monoisotopic (exact) mass is 380 g/mol. The standard InChI is InChI=1S/C20H13ClN2O4/c21-16-11-10-14(12-18(16)23(26)27)20(25)22-17-9-5-4-8-15(17)19(24)13-6-2-1-3-7-13/h1-12H,(H,22,25). The molecule has 3 aromatic carbocycles. The molecule has 0 unspecified atom stereocenters. The number of carbonyl (C=O) groups is 2. The third kappa shape index (κ3) is 4.02. The highest BCUT2D eigenvalue weighted by Gasteiger charge is 2.19. The summed E-state index contributed by atoms with van der Waals surface area (Å²) in [5, 5.41) is 13.6. The maximum atomic E-state index is 12.7. The third-order valence-corrected chi connectivity index (χ3v) is 4.18. The summed E-state index contributed by atoms with van der Waals surface area (Å²) < 4.78 is 0. The summed E-state index contributed by atoms with van der Waals surface area (Å²) in [5.41, 5.74) is 0.821. The van der Waals surface area contributed by atoms with E-state index in [1.54, 1.807) is 54.6 Å². The molecular formula is C20H13ClN2O4. The molecule has 27 heavy (non-hydrogen) atoms. The van der Waals surface area contributed by atoms with Crippen LogP contribution in [0.25, 0.3) is 0 Å². The van der Waals surface area contributed by atoms with E-state index >= 15 is 0 Å². The van der Waals surface area contributed by atoms with Crippen LogP contribution in [0.3, 0.4) is 0 Å². The van der Waals surface area contributed by atoms with E-state index < -0.39 is 10.8 Å². The van der Waals surface area contributed by atoms with E-state index in [9.17, 15) is 19.7 Å². The maximum absolute atomic E-state index is 12.7. The number of nitrogens with one attached hydrogen (secondary N) is 1. The van der Waals surface area contributed by atoms with Crippen molar-refractivity contribution < 1.29 is 14.5 Å². The lowest BCUT2D eigenvalue weighted by molar-refractivity contribution is -0.384. The molecule has 0 aliphatic rings. The Bertz CT molecular complexity index is 1040. The molecule has 134 valence electrons. The first-order valence-electron chi connectivity index (χ1n) is 7.91. The predicted octanol–water partition coefficient (Wildman–Crippen LogP) is 4.73. The van der Waals surface area contributed by atoms with Crippen molar-refractivity contribution in [2.75, 3.05) is 5.32 Å². The van der Waals surface area contributed by atoms with Crippen LogP contribution in [0.5, 0.6) is 0 Å². The number of nitro benzene ring substituents is 1. The van der Waals surface area contributed by atoms with Crippen LogP contribution < -0.4 is 5.32 Å². The van der Waals surface area contributed by atoms with E-state index in [2.05, 4.69) is 5.32 Å². The number of hydrogen-bond acceptors (Lipinski definition) is 4. The highest BCUT2D eigenvalue weighted by Crippen LogP contribution is 2.26. The van der Waals surface area contributed by atoms with Gasteiger partial charge in [0.05, 0.1) is 10.6 Å². The summed E-state index contributed by atoms with van der Waals surface area (Å²) in [6.07, 6.45) is 0. The van der Waals surface area contributed by atoms with Crippen molar-refractivity contribution in [2.24, 2.45) is 0 Å². The van der Waals surface area contributed by atoms with Gasteiger partial charge in [-0.3, -0.25) is 19.7 Å². The van der Waals surface area contributed by atoms with Crippen molar-refractivity contribution >= 4 is 34.7 Å². The minimum Gasteiger partial charge on any atom is -0.321 e. The SMILES string of the molecule is O=C(Nc1ccccc1C(=O)c1ccccc1)c1ccc(Cl)c([N+](=O)[O-])c1. The van der Waals surface area contributed by atoms with E-state index in [0.29, 0.717) is 16.8 Å². The molecule has 0 heterocycles. The lowest BCUT2D eigenvalue weighted by Crippen LogP contribution is -2.15. The number of anilines is 1. The largest absolute Gasteiger partial charge is 0.321 e. The van der Waals surface area contributed by atoms with Gasteiger partial charge < -0.3 is 5.32 Å². The molecule has 0 radical (unpaired) electrons. The Hall–Kier alpha value is -3.51. The molecule has 1 amide bonds. The first-order valence-corrected chi connectivity index (χ1v) is 8.29. The van der Waals surface area contributed by atoms with Gasteiger partial charge in [0.1, 0.15) is 5.02 Å². The first-order chi connectivity index (χ1) is 13.0. The fourth-order valence-electron chi connectivity index (χ4n) is 2.52. The molecule has 0 spiro atoms. The molecule has 0 fully saturated rings. The molecule has 3 rings (SSSR count). The van der Waals surface area contributed by atoms with Crippen molar-refractivity contribution in [1.82, 2.24) is 0 Å². The molecule has 0 aliphatic heterocycles. The Labute approximate surface area is 159 Å². The number of nitro groups is 1. The summed E-state index contributed by atoms with van der Waals surface area (Å²) in [5.74, 6) is -0.823. The molecule has 7 heteroatoms. The molecule has 0 aliphatic carbocycles. The zero-order chi connectivity index (χ0) is 19.4. The highest BCUT2D eigenvalue weighted by atomic mass is 35.5. The fourth-order valence-corrected chi connectivity index (χ4v) is 2.71. The Kier molecular flexibility index (Phi) is 5.28. The van der Waals surface area contributed by atoms with Crippen LogP contribution in [0.1, 0.15) is 26.3 Å². The van der Waals surface area contributed by atoms with E-state index in [1.165, 1.54) is 12.1 Å². The van der Waals surface area contributed by atoms with Gasteiger partial charge in [-0.05, 0) is 24.3 Å². The number of ketones is 1. The van der Waals surface area contributed by atoms with E-state index in [1.807, 2.05) is 0 Å². The summed E-state index contributed by atoms with van der Waals surface area (Å²) in [6.45, 7) is 0. The minimum atomic E-state index is -0.661. The Balaban J connectivity index is 1.91. The summed E-state index contributed by atoms with van der Waals surface area (Å²) in [6, 6.07) is 19.0. The number of carbonyl (C=O) groups excluding carboxylic acids is 2. The summed E-state index contributed by atoms with van der Waals surface area (Å²) in [4.78, 5) is 35.6. The van der Waals surface area contributed by atoms with Crippen LogP contribution in [0, 0.1) is 10.1 Å². The number of benzene rings is 3. The minimum absolute atomic E-state index is 0.0591. The molecule has 0 saturated carbocycles. The average molecular weight is 381 g/mol. The van der Waals surface area contributed by atoms with Gasteiger partial charge in [0.2, 0.25) is 0 Å². The van der Waals surface area contributed by atoms with E-state index in [4.69, 9.17) is 11.6 Å². The van der Waals surface area contributed by atoms with Gasteiger partial charge in [0.25, 0.3) is 11.6 Å². The van der Waals surface area contributed by atoms with Crippen molar-refractivity contribution in [3.8, 4) is 0 Å². The van der Waals surface area contributed by atoms with Crippen molar-refractivity contribution in [2.45, 2.75) is 0 Å². The van der Waals surface area contributed by atoms with Gasteiger partial charge in [-0.1, -0.05) is 54.1 Å². The maximum Gasteiger partial charge on any atom is 0.288 e. The van der Waals surface area contributed by atoms with Gasteiger partial charge in [0, 0.05) is 22.8 Å². The van der Waals surface area contributed by atoms with Crippen LogP contribution >= 0.6 is 11.6 Å². The zero-order valence-corrected chi connectivity index (χ0v) is 14.6. The van der Waals surface area contributed by atoms with Crippen LogP contribution in [-0.2, 0) is 0 Å². The normalized spacial score (nSPS) is 10.3. The molecule has 6 nitrogen and oxygen atoms in total. The zero-order valence-electron chi connectivity index (χ0n) is 13.9. The van der Waals surface area contributed by atoms with Gasteiger partial charge >= 0.3 is 0 Å². The Morgan fingerprint density at radius 2 is 1.56 bits per heavy atom. The Morgan fingerprint density at radius 1 is 0.889 bits per heavy atom.